The van der Waals surface area contributed by atoms with Crippen LogP contribution < -0.4 is 5.32 Å². The van der Waals surface area contributed by atoms with Crippen molar-refractivity contribution < 1.29 is 4.79 Å². The van der Waals surface area contributed by atoms with Gasteiger partial charge in [0.15, 0.2) is 0 Å². The van der Waals surface area contributed by atoms with E-state index in [9.17, 15) is 4.79 Å². The van der Waals surface area contributed by atoms with Crippen LogP contribution in [0, 0.1) is 6.92 Å². The minimum atomic E-state index is -0.233. The summed E-state index contributed by atoms with van der Waals surface area (Å²) >= 11 is 15.2. The zero-order chi connectivity index (χ0) is 14.0. The first-order chi connectivity index (χ1) is 8.97. The summed E-state index contributed by atoms with van der Waals surface area (Å²) in [5, 5.41) is 3.84. The molecule has 0 heterocycles. The fourth-order valence-electron chi connectivity index (χ4n) is 1.55. The topological polar surface area (TPSA) is 29.1 Å². The molecule has 2 aromatic rings. The summed E-state index contributed by atoms with van der Waals surface area (Å²) in [6.45, 7) is 1.94. The van der Waals surface area contributed by atoms with Gasteiger partial charge in [-0.15, -0.1) is 0 Å². The highest BCUT2D eigenvalue weighted by atomic mass is 79.9. The van der Waals surface area contributed by atoms with Gasteiger partial charge >= 0.3 is 0 Å². The number of carbonyl (C=O) groups excluding carboxylic acids is 1. The number of rotatable bonds is 2. The number of anilines is 1. The maximum Gasteiger partial charge on any atom is 0.255 e. The van der Waals surface area contributed by atoms with Crippen molar-refractivity contribution in [1.29, 1.82) is 0 Å². The van der Waals surface area contributed by atoms with Crippen molar-refractivity contribution in [1.82, 2.24) is 0 Å². The molecular formula is C14H10BrCl2NO. The smallest absolute Gasteiger partial charge is 0.255 e. The lowest BCUT2D eigenvalue weighted by atomic mass is 10.2. The van der Waals surface area contributed by atoms with Crippen molar-refractivity contribution in [2.75, 3.05) is 5.32 Å². The molecule has 1 N–H and O–H groups in total. The van der Waals surface area contributed by atoms with E-state index in [2.05, 4.69) is 21.2 Å². The molecule has 5 heteroatoms. The van der Waals surface area contributed by atoms with Gasteiger partial charge in [-0.05, 0) is 58.7 Å². The van der Waals surface area contributed by atoms with Crippen LogP contribution in [0.5, 0.6) is 0 Å². The lowest BCUT2D eigenvalue weighted by Gasteiger charge is -2.08. The van der Waals surface area contributed by atoms with Crippen molar-refractivity contribution in [2.24, 2.45) is 0 Å². The first-order valence-electron chi connectivity index (χ1n) is 5.50. The van der Waals surface area contributed by atoms with Gasteiger partial charge in [0.2, 0.25) is 0 Å². The third-order valence-electron chi connectivity index (χ3n) is 2.55. The van der Waals surface area contributed by atoms with Crippen LogP contribution in [0.3, 0.4) is 0 Å². The van der Waals surface area contributed by atoms with Gasteiger partial charge in [-0.2, -0.15) is 0 Å². The Kier molecular flexibility index (Phi) is 4.50. The molecule has 0 spiro atoms. The summed E-state index contributed by atoms with van der Waals surface area (Å²) in [7, 11) is 0. The molecule has 0 fully saturated rings. The number of aryl methyl sites for hydroxylation is 1. The van der Waals surface area contributed by atoms with Gasteiger partial charge in [-0.25, -0.2) is 0 Å². The lowest BCUT2D eigenvalue weighted by Crippen LogP contribution is -2.12. The first kappa shape index (κ1) is 14.4. The molecular weight excluding hydrogens is 349 g/mol. The predicted octanol–water partition coefficient (Wildman–Crippen LogP) is 5.32. The maximum atomic E-state index is 12.1. The second-order valence-corrected chi connectivity index (χ2v) is 5.74. The summed E-state index contributed by atoms with van der Waals surface area (Å²) in [4.78, 5) is 12.1. The minimum absolute atomic E-state index is 0.233. The number of hydrogen-bond donors (Lipinski definition) is 1. The third kappa shape index (κ3) is 3.50. The zero-order valence-electron chi connectivity index (χ0n) is 10.0. The van der Waals surface area contributed by atoms with E-state index < -0.39 is 0 Å². The van der Waals surface area contributed by atoms with Gasteiger partial charge in [0.1, 0.15) is 0 Å². The molecule has 0 saturated heterocycles. The minimum Gasteiger partial charge on any atom is -0.321 e. The Balaban J connectivity index is 2.23. The SMILES string of the molecule is Cc1ccc(NC(=O)c2ccc(Cl)c(Br)c2)c(Cl)c1. The van der Waals surface area contributed by atoms with Crippen molar-refractivity contribution >= 4 is 50.7 Å². The summed E-state index contributed by atoms with van der Waals surface area (Å²) in [5.41, 5.74) is 2.13. The van der Waals surface area contributed by atoms with E-state index in [1.54, 1.807) is 30.3 Å². The highest BCUT2D eigenvalue weighted by Gasteiger charge is 2.10. The highest BCUT2D eigenvalue weighted by Crippen LogP contribution is 2.26. The van der Waals surface area contributed by atoms with E-state index in [-0.39, 0.29) is 5.91 Å². The number of halogens is 3. The Morgan fingerprint density at radius 1 is 1.11 bits per heavy atom. The third-order valence-corrected chi connectivity index (χ3v) is 4.08. The molecule has 19 heavy (non-hydrogen) atoms. The number of benzene rings is 2. The number of nitrogens with one attached hydrogen (secondary N) is 1. The number of hydrogen-bond acceptors (Lipinski definition) is 1. The van der Waals surface area contributed by atoms with Crippen LogP contribution in [0.4, 0.5) is 5.69 Å². The Bertz CT molecular complexity index is 643. The molecule has 0 aliphatic heterocycles. The fourth-order valence-corrected chi connectivity index (χ4v) is 2.33. The normalized spacial score (nSPS) is 10.3. The number of carbonyl (C=O) groups is 1. The molecule has 0 saturated carbocycles. The molecule has 0 atom stereocenters. The second-order valence-electron chi connectivity index (χ2n) is 4.07. The monoisotopic (exact) mass is 357 g/mol. The van der Waals surface area contributed by atoms with Crippen LogP contribution >= 0.6 is 39.1 Å². The van der Waals surface area contributed by atoms with Gasteiger partial charge in [-0.3, -0.25) is 4.79 Å². The van der Waals surface area contributed by atoms with Gasteiger partial charge in [-0.1, -0.05) is 29.3 Å². The van der Waals surface area contributed by atoms with Crippen LogP contribution in [0.2, 0.25) is 10.0 Å². The van der Waals surface area contributed by atoms with E-state index in [0.29, 0.717) is 25.8 Å². The van der Waals surface area contributed by atoms with Crippen LogP contribution in [0.25, 0.3) is 0 Å². The average molecular weight is 359 g/mol. The van der Waals surface area contributed by atoms with Crippen LogP contribution in [-0.4, -0.2) is 5.91 Å². The van der Waals surface area contributed by atoms with Crippen LogP contribution in [-0.2, 0) is 0 Å². The van der Waals surface area contributed by atoms with Crippen LogP contribution in [0.1, 0.15) is 15.9 Å². The summed E-state index contributed by atoms with van der Waals surface area (Å²) in [5.74, 6) is -0.233. The molecule has 2 aromatic carbocycles. The van der Waals surface area contributed by atoms with E-state index in [0.717, 1.165) is 5.56 Å². The highest BCUT2D eigenvalue weighted by molar-refractivity contribution is 9.10. The predicted molar refractivity (Wildman–Crippen MR) is 83.3 cm³/mol. The first-order valence-corrected chi connectivity index (χ1v) is 7.05. The maximum absolute atomic E-state index is 12.1. The standard InChI is InChI=1S/C14H10BrCl2NO/c1-8-2-5-13(12(17)6-8)18-14(19)9-3-4-11(16)10(15)7-9/h2-7H,1H3,(H,18,19). The van der Waals surface area contributed by atoms with Gasteiger partial charge < -0.3 is 5.32 Å². The molecule has 0 unspecified atom stereocenters. The van der Waals surface area contributed by atoms with Crippen molar-refractivity contribution in [3.63, 3.8) is 0 Å². The van der Waals surface area contributed by atoms with Gasteiger partial charge in [0.25, 0.3) is 5.91 Å². The summed E-state index contributed by atoms with van der Waals surface area (Å²) in [6.07, 6.45) is 0. The molecule has 0 bridgehead atoms. The van der Waals surface area contributed by atoms with Crippen molar-refractivity contribution in [3.8, 4) is 0 Å². The average Bonchev–Trinajstić information content (AvgIpc) is 2.36. The quantitative estimate of drug-likeness (QED) is 0.773. The molecule has 0 aliphatic carbocycles. The summed E-state index contributed by atoms with van der Waals surface area (Å²) < 4.78 is 0.678. The molecule has 2 rings (SSSR count). The van der Waals surface area contributed by atoms with Crippen molar-refractivity contribution in [2.45, 2.75) is 6.92 Å². The van der Waals surface area contributed by atoms with Crippen LogP contribution in [0.15, 0.2) is 40.9 Å². The Labute approximate surface area is 129 Å². The van der Waals surface area contributed by atoms with Gasteiger partial charge in [0, 0.05) is 10.0 Å². The Morgan fingerprint density at radius 2 is 1.84 bits per heavy atom. The van der Waals surface area contributed by atoms with E-state index >= 15 is 0 Å². The lowest BCUT2D eigenvalue weighted by molar-refractivity contribution is 0.102. The molecule has 2 nitrogen and oxygen atoms in total. The zero-order valence-corrected chi connectivity index (χ0v) is 13.1. The second kappa shape index (κ2) is 5.95. The van der Waals surface area contributed by atoms with Crippen molar-refractivity contribution in [3.05, 3.63) is 62.0 Å². The summed E-state index contributed by atoms with van der Waals surface area (Å²) in [6, 6.07) is 10.5. The molecule has 0 radical (unpaired) electrons. The largest absolute Gasteiger partial charge is 0.321 e. The van der Waals surface area contributed by atoms with Gasteiger partial charge in [0.05, 0.1) is 15.7 Å². The molecule has 0 aliphatic rings. The van der Waals surface area contributed by atoms with E-state index in [1.165, 1.54) is 0 Å². The molecule has 1 amide bonds. The van der Waals surface area contributed by atoms with E-state index in [1.807, 2.05) is 13.0 Å². The fraction of sp³-hybridized carbons (Fsp3) is 0.0714. The van der Waals surface area contributed by atoms with E-state index in [4.69, 9.17) is 23.2 Å². The Morgan fingerprint density at radius 3 is 2.47 bits per heavy atom. The molecule has 98 valence electrons. The number of amides is 1. The molecule has 0 aromatic heterocycles. The Hall–Kier alpha value is -1.03.